The van der Waals surface area contributed by atoms with Gasteiger partial charge in [-0.2, -0.15) is 4.31 Å². The highest BCUT2D eigenvalue weighted by molar-refractivity contribution is 7.89. The summed E-state index contributed by atoms with van der Waals surface area (Å²) in [4.78, 5) is 39.8. The number of thiophene rings is 1. The van der Waals surface area contributed by atoms with Crippen molar-refractivity contribution in [2.24, 2.45) is 5.73 Å². The second-order valence-electron chi connectivity index (χ2n) is 8.84. The topological polar surface area (TPSA) is 139 Å². The van der Waals surface area contributed by atoms with Crippen LogP contribution in [0.5, 0.6) is 0 Å². The summed E-state index contributed by atoms with van der Waals surface area (Å²) < 4.78 is 32.9. The van der Waals surface area contributed by atoms with Gasteiger partial charge in [-0.1, -0.05) is 37.3 Å². The van der Waals surface area contributed by atoms with Crippen molar-refractivity contribution in [1.29, 1.82) is 0 Å². The fraction of sp³-hybridized carbons (Fsp3) is 0.296. The maximum absolute atomic E-state index is 13.2. The number of carbonyl (C=O) groups is 3. The van der Waals surface area contributed by atoms with E-state index in [4.69, 9.17) is 10.5 Å². The minimum atomic E-state index is -3.79. The van der Waals surface area contributed by atoms with E-state index in [0.717, 1.165) is 10.4 Å². The Labute approximate surface area is 231 Å². The van der Waals surface area contributed by atoms with E-state index >= 15 is 0 Å². The second-order valence-corrected chi connectivity index (χ2v) is 11.9. The molecule has 0 saturated carbocycles. The number of nitrogens with two attached hydrogens (primary N) is 1. The third-order valence-electron chi connectivity index (χ3n) is 6.37. The van der Waals surface area contributed by atoms with E-state index in [-0.39, 0.29) is 42.3 Å². The summed E-state index contributed by atoms with van der Waals surface area (Å²) in [7, 11) is -3.79. The molecule has 1 aliphatic heterocycles. The van der Waals surface area contributed by atoms with Gasteiger partial charge in [0.1, 0.15) is 5.00 Å². The molecule has 1 aromatic heterocycles. The summed E-state index contributed by atoms with van der Waals surface area (Å²) in [6, 6.07) is 14.9. The Morgan fingerprint density at radius 3 is 2.38 bits per heavy atom. The van der Waals surface area contributed by atoms with Crippen LogP contribution in [0.4, 0.5) is 9.80 Å². The van der Waals surface area contributed by atoms with Crippen LogP contribution in [-0.2, 0) is 34.3 Å². The van der Waals surface area contributed by atoms with Crippen LogP contribution in [0.3, 0.4) is 0 Å². The zero-order chi connectivity index (χ0) is 28.2. The zero-order valence-electron chi connectivity index (χ0n) is 21.7. The number of ether oxygens (including phenoxy) is 1. The first-order chi connectivity index (χ1) is 18.6. The molecule has 39 heavy (non-hydrogen) atoms. The van der Waals surface area contributed by atoms with E-state index < -0.39 is 27.9 Å². The predicted octanol–water partition coefficient (Wildman–Crippen LogP) is 3.82. The lowest BCUT2D eigenvalue weighted by atomic mass is 10.0. The maximum atomic E-state index is 13.2. The molecule has 0 radical (unpaired) electrons. The Kier molecular flexibility index (Phi) is 8.68. The third-order valence-corrected chi connectivity index (χ3v) is 9.43. The number of rotatable bonds is 9. The summed E-state index contributed by atoms with van der Waals surface area (Å²) in [5, 5.41) is 3.04. The summed E-state index contributed by atoms with van der Waals surface area (Å²) in [6.07, 6.45) is -0.0365. The molecule has 0 aliphatic carbocycles. The number of nitrogens with one attached hydrogen (secondary N) is 1. The molecule has 0 bridgehead atoms. The molecule has 2 aromatic carbocycles. The zero-order valence-corrected chi connectivity index (χ0v) is 23.3. The molecule has 4 rings (SSSR count). The van der Waals surface area contributed by atoms with Gasteiger partial charge in [0.25, 0.3) is 11.8 Å². The van der Waals surface area contributed by atoms with E-state index in [1.54, 1.807) is 13.8 Å². The molecule has 3 aromatic rings. The van der Waals surface area contributed by atoms with E-state index in [2.05, 4.69) is 5.32 Å². The Morgan fingerprint density at radius 2 is 1.77 bits per heavy atom. The molecular weight excluding hydrogens is 540 g/mol. The van der Waals surface area contributed by atoms with Crippen LogP contribution >= 0.6 is 11.3 Å². The van der Waals surface area contributed by atoms with Crippen LogP contribution in [0.15, 0.2) is 59.5 Å². The summed E-state index contributed by atoms with van der Waals surface area (Å²) in [5.41, 5.74) is 7.67. The minimum Gasteiger partial charge on any atom is -0.450 e. The number of amides is 3. The van der Waals surface area contributed by atoms with Gasteiger partial charge in [0.15, 0.2) is 0 Å². The van der Waals surface area contributed by atoms with Gasteiger partial charge >= 0.3 is 6.09 Å². The molecule has 0 fully saturated rings. The summed E-state index contributed by atoms with van der Waals surface area (Å²) >= 11 is 1.18. The monoisotopic (exact) mass is 570 g/mol. The van der Waals surface area contributed by atoms with Crippen LogP contribution in [0.1, 0.15) is 50.6 Å². The molecule has 2 heterocycles. The molecule has 0 unspecified atom stereocenters. The summed E-state index contributed by atoms with van der Waals surface area (Å²) in [6.45, 7) is 4.88. The fourth-order valence-corrected chi connectivity index (χ4v) is 7.08. The minimum absolute atomic E-state index is 0.0697. The highest BCUT2D eigenvalue weighted by atomic mass is 32.2. The highest BCUT2D eigenvalue weighted by Crippen LogP contribution is 2.37. The predicted molar refractivity (Wildman–Crippen MR) is 148 cm³/mol. The normalized spacial score (nSPS) is 13.2. The largest absolute Gasteiger partial charge is 0.450 e. The van der Waals surface area contributed by atoms with Crippen molar-refractivity contribution in [2.75, 3.05) is 25.0 Å². The van der Waals surface area contributed by atoms with Crippen molar-refractivity contribution in [3.63, 3.8) is 0 Å². The average molecular weight is 571 g/mol. The van der Waals surface area contributed by atoms with Crippen molar-refractivity contribution in [2.45, 2.75) is 38.3 Å². The standard InChI is InChI=1S/C27H30N4O6S2/c1-3-31(16-18-8-6-5-7-9-18)39(35,36)20-12-10-19(11-13-20)25(33)29-26-23(24(28)32)21-14-15-30(17-22(21)38-26)27(34)37-4-2/h5-13H,3-4,14-17H2,1-2H3,(H2,28,32)(H,29,33). The number of carbonyl (C=O) groups excluding carboxylic acids is 3. The molecular formula is C27H30N4O6S2. The molecule has 10 nitrogen and oxygen atoms in total. The highest BCUT2D eigenvalue weighted by Gasteiger charge is 2.30. The van der Waals surface area contributed by atoms with Crippen molar-refractivity contribution in [3.8, 4) is 0 Å². The van der Waals surface area contributed by atoms with E-state index in [1.807, 2.05) is 30.3 Å². The van der Waals surface area contributed by atoms with E-state index in [1.165, 1.54) is 44.8 Å². The number of anilines is 1. The fourth-order valence-electron chi connectivity index (χ4n) is 4.38. The second kappa shape index (κ2) is 12.0. The number of hydrogen-bond donors (Lipinski definition) is 2. The molecule has 0 spiro atoms. The van der Waals surface area contributed by atoms with Gasteiger partial charge in [-0.05, 0) is 48.7 Å². The Hall–Kier alpha value is -3.74. The lowest BCUT2D eigenvalue weighted by Gasteiger charge is -2.26. The SMILES string of the molecule is CCOC(=O)N1CCc2c(sc(NC(=O)c3ccc(S(=O)(=O)N(CC)Cc4ccccc4)cc3)c2C(N)=O)C1. The first-order valence-corrected chi connectivity index (χ1v) is 14.7. The van der Waals surface area contributed by atoms with Gasteiger partial charge in [-0.25, -0.2) is 13.2 Å². The van der Waals surface area contributed by atoms with Crippen molar-refractivity contribution >= 4 is 44.3 Å². The molecule has 3 amide bonds. The Balaban J connectivity index is 1.51. The maximum Gasteiger partial charge on any atom is 0.410 e. The van der Waals surface area contributed by atoms with Crippen LogP contribution in [0.2, 0.25) is 0 Å². The molecule has 0 atom stereocenters. The molecule has 3 N–H and O–H groups in total. The van der Waals surface area contributed by atoms with E-state index in [0.29, 0.717) is 23.5 Å². The first kappa shape index (κ1) is 28.3. The lowest BCUT2D eigenvalue weighted by Crippen LogP contribution is -2.36. The van der Waals surface area contributed by atoms with E-state index in [9.17, 15) is 22.8 Å². The van der Waals surface area contributed by atoms with Gasteiger partial charge in [-0.15, -0.1) is 11.3 Å². The number of benzene rings is 2. The quantitative estimate of drug-likeness (QED) is 0.401. The van der Waals surface area contributed by atoms with Gasteiger partial charge in [0.2, 0.25) is 10.0 Å². The number of nitrogens with zero attached hydrogens (tertiary/aromatic N) is 2. The van der Waals surface area contributed by atoms with Crippen molar-refractivity contribution in [1.82, 2.24) is 9.21 Å². The Bertz CT molecular complexity index is 1470. The number of hydrogen-bond acceptors (Lipinski definition) is 7. The Morgan fingerprint density at radius 1 is 1.08 bits per heavy atom. The van der Waals surface area contributed by atoms with Crippen LogP contribution in [-0.4, -0.2) is 55.2 Å². The average Bonchev–Trinajstić information content (AvgIpc) is 3.29. The lowest BCUT2D eigenvalue weighted by molar-refractivity contribution is 0.0997. The van der Waals surface area contributed by atoms with Crippen LogP contribution in [0.25, 0.3) is 0 Å². The first-order valence-electron chi connectivity index (χ1n) is 12.5. The molecule has 206 valence electrons. The smallest absolute Gasteiger partial charge is 0.410 e. The molecule has 1 aliphatic rings. The van der Waals surface area contributed by atoms with Crippen LogP contribution in [0, 0.1) is 0 Å². The van der Waals surface area contributed by atoms with Crippen molar-refractivity contribution < 1.29 is 27.5 Å². The van der Waals surface area contributed by atoms with Gasteiger partial charge < -0.3 is 20.7 Å². The number of sulfonamides is 1. The van der Waals surface area contributed by atoms with Crippen LogP contribution < -0.4 is 11.1 Å². The molecule has 12 heteroatoms. The number of fused-ring (bicyclic) bond motifs is 1. The van der Waals surface area contributed by atoms with Gasteiger partial charge in [0, 0.05) is 30.1 Å². The van der Waals surface area contributed by atoms with Gasteiger partial charge in [-0.3, -0.25) is 9.59 Å². The van der Waals surface area contributed by atoms with Crippen molar-refractivity contribution in [3.05, 3.63) is 81.7 Å². The third kappa shape index (κ3) is 6.13. The molecule has 0 saturated heterocycles. The summed E-state index contributed by atoms with van der Waals surface area (Å²) in [5.74, 6) is -1.19. The number of primary amides is 1. The van der Waals surface area contributed by atoms with Gasteiger partial charge in [0.05, 0.1) is 23.6 Å².